The highest BCUT2D eigenvalue weighted by atomic mass is 32.1. The summed E-state index contributed by atoms with van der Waals surface area (Å²) in [5.74, 6) is -3.06. The van der Waals surface area contributed by atoms with Gasteiger partial charge in [0.05, 0.1) is 6.04 Å². The van der Waals surface area contributed by atoms with E-state index in [0.717, 1.165) is 22.9 Å². The lowest BCUT2D eigenvalue weighted by molar-refractivity contribution is -0.142. The Bertz CT molecular complexity index is 1100. The van der Waals surface area contributed by atoms with Crippen molar-refractivity contribution in [2.75, 3.05) is 18.8 Å². The normalized spacial score (nSPS) is 14.3. The molecule has 0 bridgehead atoms. The molecule has 0 saturated carbocycles. The van der Waals surface area contributed by atoms with Crippen molar-refractivity contribution in [2.24, 2.45) is 17.2 Å². The van der Waals surface area contributed by atoms with Crippen molar-refractivity contribution in [3.8, 4) is 0 Å². The third-order valence-electron chi connectivity index (χ3n) is 6.42. The Hall–Kier alpha value is -3.13. The zero-order valence-electron chi connectivity index (χ0n) is 22.0. The van der Waals surface area contributed by atoms with Crippen LogP contribution in [0.4, 0.5) is 0 Å². The van der Waals surface area contributed by atoms with Gasteiger partial charge in [0.15, 0.2) is 0 Å². The van der Waals surface area contributed by atoms with Gasteiger partial charge in [0.25, 0.3) is 0 Å². The van der Waals surface area contributed by atoms with Crippen molar-refractivity contribution in [1.29, 1.82) is 0 Å². The zero-order chi connectivity index (χ0) is 28.8. The summed E-state index contributed by atoms with van der Waals surface area (Å²) in [6.45, 7) is 0.922. The fourth-order valence-corrected chi connectivity index (χ4v) is 4.40. The van der Waals surface area contributed by atoms with E-state index in [0.29, 0.717) is 45.2 Å². The minimum atomic E-state index is -1.23. The molecule has 4 unspecified atom stereocenters. The summed E-state index contributed by atoms with van der Waals surface area (Å²) in [5, 5.41) is 18.4. The number of aromatic amines is 1. The van der Waals surface area contributed by atoms with Crippen LogP contribution in [0.2, 0.25) is 0 Å². The predicted octanol–water partition coefficient (Wildman–Crippen LogP) is -0.235. The number of unbranched alkanes of at least 4 members (excludes halogenated alkanes) is 2. The average molecular weight is 564 g/mol. The van der Waals surface area contributed by atoms with E-state index in [9.17, 15) is 24.3 Å². The van der Waals surface area contributed by atoms with E-state index in [-0.39, 0.29) is 12.2 Å². The van der Waals surface area contributed by atoms with E-state index in [1.807, 2.05) is 24.3 Å². The number of amides is 3. The van der Waals surface area contributed by atoms with Gasteiger partial charge in [0.2, 0.25) is 17.7 Å². The van der Waals surface area contributed by atoms with E-state index in [1.165, 1.54) is 0 Å². The SMILES string of the molecule is NCCCCC(N)C(=O)NC(CCCCN)C(=O)NC(CS)C(=O)NC(Cc1c[nH]c2ccccc12)C(=O)O. The van der Waals surface area contributed by atoms with Gasteiger partial charge in [-0.3, -0.25) is 14.4 Å². The number of aromatic nitrogens is 1. The van der Waals surface area contributed by atoms with Gasteiger partial charge in [0, 0.05) is 29.3 Å². The van der Waals surface area contributed by atoms with Gasteiger partial charge in [-0.25, -0.2) is 4.79 Å². The molecule has 0 aliphatic rings. The van der Waals surface area contributed by atoms with Crippen molar-refractivity contribution in [3.05, 3.63) is 36.0 Å². The monoisotopic (exact) mass is 563 g/mol. The van der Waals surface area contributed by atoms with Crippen molar-refractivity contribution in [2.45, 2.75) is 69.1 Å². The number of nitrogens with one attached hydrogen (secondary N) is 4. The molecule has 0 fully saturated rings. The number of rotatable bonds is 18. The van der Waals surface area contributed by atoms with Crippen molar-refractivity contribution < 1.29 is 24.3 Å². The van der Waals surface area contributed by atoms with Crippen LogP contribution < -0.4 is 33.2 Å². The van der Waals surface area contributed by atoms with Gasteiger partial charge in [-0.2, -0.15) is 12.6 Å². The fourth-order valence-electron chi connectivity index (χ4n) is 4.14. The van der Waals surface area contributed by atoms with Gasteiger partial charge in [-0.15, -0.1) is 0 Å². The van der Waals surface area contributed by atoms with Crippen LogP contribution in [-0.4, -0.2) is 76.8 Å². The molecule has 4 atom stereocenters. The highest BCUT2D eigenvalue weighted by Gasteiger charge is 2.30. The summed E-state index contributed by atoms with van der Waals surface area (Å²) in [6, 6.07) is 3.33. The summed E-state index contributed by atoms with van der Waals surface area (Å²) >= 11 is 4.18. The molecular weight excluding hydrogens is 522 g/mol. The largest absolute Gasteiger partial charge is 0.480 e. The number of aliphatic carboxylic acids is 1. The molecule has 1 heterocycles. The number of para-hydroxylation sites is 1. The number of carboxylic acid groups (broad SMARTS) is 1. The Kier molecular flexibility index (Phi) is 13.8. The first-order chi connectivity index (χ1) is 18.7. The van der Waals surface area contributed by atoms with Crippen LogP contribution in [0.5, 0.6) is 0 Å². The van der Waals surface area contributed by atoms with E-state index in [1.54, 1.807) is 6.20 Å². The second kappa shape index (κ2) is 16.7. The van der Waals surface area contributed by atoms with Gasteiger partial charge < -0.3 is 43.2 Å². The lowest BCUT2D eigenvalue weighted by atomic mass is 10.0. The topological polar surface area (TPSA) is 218 Å². The Morgan fingerprint density at radius 3 is 2.08 bits per heavy atom. The fraction of sp³-hybridized carbons (Fsp3) is 0.538. The molecule has 0 aliphatic carbocycles. The van der Waals surface area contributed by atoms with E-state index < -0.39 is 47.9 Å². The highest BCUT2D eigenvalue weighted by molar-refractivity contribution is 7.80. The molecule has 0 aliphatic heterocycles. The Balaban J connectivity index is 2.05. The number of carbonyl (C=O) groups excluding carboxylic acids is 3. The van der Waals surface area contributed by atoms with Crippen LogP contribution in [0, 0.1) is 0 Å². The molecule has 1 aromatic carbocycles. The number of hydrogen-bond donors (Lipinski definition) is 9. The summed E-state index contributed by atoms with van der Waals surface area (Å²) in [5.41, 5.74) is 18.6. The van der Waals surface area contributed by atoms with Crippen LogP contribution in [0.25, 0.3) is 10.9 Å². The van der Waals surface area contributed by atoms with Crippen molar-refractivity contribution in [1.82, 2.24) is 20.9 Å². The molecule has 11 N–H and O–H groups in total. The molecular formula is C26H41N7O5S. The van der Waals surface area contributed by atoms with E-state index in [4.69, 9.17) is 17.2 Å². The van der Waals surface area contributed by atoms with Crippen molar-refractivity contribution >= 4 is 47.2 Å². The standard InChI is InChI=1S/C26H41N7O5S/c27-11-5-3-8-18(29)23(34)31-20(10-4-6-12-28)24(35)33-22(15-39)25(36)32-21(26(37)38)13-16-14-30-19-9-2-1-7-17(16)19/h1-2,7,9,14,18,20-22,30,39H,3-6,8,10-13,15,27-29H2,(H,31,34)(H,32,36)(H,33,35)(H,37,38). The Labute approximate surface area is 233 Å². The molecule has 0 radical (unpaired) electrons. The van der Waals surface area contributed by atoms with E-state index in [2.05, 4.69) is 33.6 Å². The molecule has 0 saturated heterocycles. The molecule has 3 amide bonds. The van der Waals surface area contributed by atoms with Crippen molar-refractivity contribution in [3.63, 3.8) is 0 Å². The van der Waals surface area contributed by atoms with Crippen LogP contribution >= 0.6 is 12.6 Å². The van der Waals surface area contributed by atoms with Crippen LogP contribution in [0.3, 0.4) is 0 Å². The minimum absolute atomic E-state index is 0.0398. The Morgan fingerprint density at radius 2 is 1.44 bits per heavy atom. The lowest BCUT2D eigenvalue weighted by Gasteiger charge is -2.24. The Morgan fingerprint density at radius 1 is 0.846 bits per heavy atom. The molecule has 0 spiro atoms. The molecule has 39 heavy (non-hydrogen) atoms. The predicted molar refractivity (Wildman–Crippen MR) is 153 cm³/mol. The molecule has 13 heteroatoms. The third kappa shape index (κ3) is 10.2. The third-order valence-corrected chi connectivity index (χ3v) is 6.78. The van der Waals surface area contributed by atoms with E-state index >= 15 is 0 Å². The van der Waals surface area contributed by atoms with Gasteiger partial charge in [-0.1, -0.05) is 24.6 Å². The number of thiol groups is 1. The maximum atomic E-state index is 13.1. The molecule has 1 aromatic heterocycles. The number of carbonyl (C=O) groups is 4. The number of H-pyrrole nitrogens is 1. The van der Waals surface area contributed by atoms with Gasteiger partial charge in [0.1, 0.15) is 18.1 Å². The number of carboxylic acids is 1. The lowest BCUT2D eigenvalue weighted by Crippen LogP contribution is -2.57. The molecule has 2 rings (SSSR count). The summed E-state index contributed by atoms with van der Waals surface area (Å²) in [4.78, 5) is 53.7. The summed E-state index contributed by atoms with van der Waals surface area (Å²) in [6.07, 6.45) is 5.10. The first-order valence-electron chi connectivity index (χ1n) is 13.2. The number of benzene rings is 1. The molecule has 2 aromatic rings. The maximum Gasteiger partial charge on any atom is 0.326 e. The second-order valence-electron chi connectivity index (χ2n) is 9.44. The number of hydrogen-bond acceptors (Lipinski definition) is 8. The summed E-state index contributed by atoms with van der Waals surface area (Å²) < 4.78 is 0. The number of nitrogens with two attached hydrogens (primary N) is 3. The quantitative estimate of drug-likeness (QED) is 0.0868. The first-order valence-corrected chi connectivity index (χ1v) is 13.8. The maximum absolute atomic E-state index is 13.1. The average Bonchev–Trinajstić information content (AvgIpc) is 3.33. The summed E-state index contributed by atoms with van der Waals surface area (Å²) in [7, 11) is 0. The zero-order valence-corrected chi connectivity index (χ0v) is 22.9. The van der Waals surface area contributed by atoms with Gasteiger partial charge >= 0.3 is 5.97 Å². The molecule has 216 valence electrons. The smallest absolute Gasteiger partial charge is 0.326 e. The van der Waals surface area contributed by atoms with Crippen LogP contribution in [0.15, 0.2) is 30.5 Å². The number of fused-ring (bicyclic) bond motifs is 1. The first kappa shape index (κ1) is 32.1. The van der Waals surface area contributed by atoms with Crippen LogP contribution in [-0.2, 0) is 25.6 Å². The highest BCUT2D eigenvalue weighted by Crippen LogP contribution is 2.19. The molecule has 12 nitrogen and oxygen atoms in total. The van der Waals surface area contributed by atoms with Crippen LogP contribution in [0.1, 0.15) is 44.1 Å². The minimum Gasteiger partial charge on any atom is -0.480 e. The van der Waals surface area contributed by atoms with Gasteiger partial charge in [-0.05, 0) is 56.8 Å². The second-order valence-corrected chi connectivity index (χ2v) is 9.81.